The van der Waals surface area contributed by atoms with Gasteiger partial charge in [-0.1, -0.05) is 30.3 Å². The summed E-state index contributed by atoms with van der Waals surface area (Å²) in [5.74, 6) is 2.40. The van der Waals surface area contributed by atoms with Crippen molar-refractivity contribution in [2.75, 3.05) is 13.1 Å². The molecule has 0 unspecified atom stereocenters. The highest BCUT2D eigenvalue weighted by Gasteiger charge is 2.23. The molecule has 3 heterocycles. The van der Waals surface area contributed by atoms with Gasteiger partial charge in [0.1, 0.15) is 5.82 Å². The second-order valence-electron chi connectivity index (χ2n) is 6.81. The third kappa shape index (κ3) is 3.77. The topological polar surface area (TPSA) is 57.7 Å². The first kappa shape index (κ1) is 16.0. The Balaban J connectivity index is 1.41. The van der Waals surface area contributed by atoms with Crippen LogP contribution in [0.5, 0.6) is 0 Å². The van der Waals surface area contributed by atoms with Crippen molar-refractivity contribution in [2.24, 2.45) is 0 Å². The summed E-state index contributed by atoms with van der Waals surface area (Å²) in [6.45, 7) is 5.11. The third-order valence-corrected chi connectivity index (χ3v) is 4.76. The second kappa shape index (κ2) is 7.15. The Hall–Kier alpha value is -2.53. The molecule has 0 bridgehead atoms. The van der Waals surface area contributed by atoms with E-state index in [0.29, 0.717) is 5.92 Å². The van der Waals surface area contributed by atoms with E-state index < -0.39 is 0 Å². The predicted octanol–water partition coefficient (Wildman–Crippen LogP) is 3.55. The first-order valence-corrected chi connectivity index (χ1v) is 8.88. The number of benzene rings is 1. The van der Waals surface area contributed by atoms with Gasteiger partial charge < -0.3 is 4.98 Å². The molecule has 1 aromatic carbocycles. The van der Waals surface area contributed by atoms with E-state index >= 15 is 0 Å². The van der Waals surface area contributed by atoms with Crippen molar-refractivity contribution in [1.29, 1.82) is 0 Å². The Labute approximate surface area is 148 Å². The van der Waals surface area contributed by atoms with Gasteiger partial charge >= 0.3 is 0 Å². The molecule has 0 saturated carbocycles. The van der Waals surface area contributed by atoms with E-state index in [1.807, 2.05) is 48.9 Å². The SMILES string of the molecule is Cc1cnc([C@H]2CCCN(Cc3cnc(-c4ccccc4)nc3)C2)[nH]1. The zero-order valence-electron chi connectivity index (χ0n) is 14.5. The number of aryl methyl sites for hydroxylation is 1. The van der Waals surface area contributed by atoms with Crippen LogP contribution in [0.3, 0.4) is 0 Å². The van der Waals surface area contributed by atoms with Crippen LogP contribution in [-0.4, -0.2) is 37.9 Å². The van der Waals surface area contributed by atoms with Crippen LogP contribution in [0.2, 0.25) is 0 Å². The lowest BCUT2D eigenvalue weighted by molar-refractivity contribution is 0.196. The lowest BCUT2D eigenvalue weighted by atomic mass is 9.97. The van der Waals surface area contributed by atoms with Crippen LogP contribution in [0.4, 0.5) is 0 Å². The molecule has 4 rings (SSSR count). The maximum Gasteiger partial charge on any atom is 0.159 e. The first-order chi connectivity index (χ1) is 12.3. The lowest BCUT2D eigenvalue weighted by Gasteiger charge is -2.31. The maximum absolute atomic E-state index is 4.54. The number of nitrogens with one attached hydrogen (secondary N) is 1. The van der Waals surface area contributed by atoms with Gasteiger partial charge in [0.05, 0.1) is 0 Å². The number of H-pyrrole nitrogens is 1. The van der Waals surface area contributed by atoms with Crippen LogP contribution in [0, 0.1) is 6.92 Å². The first-order valence-electron chi connectivity index (χ1n) is 8.88. The summed E-state index contributed by atoms with van der Waals surface area (Å²) >= 11 is 0. The van der Waals surface area contributed by atoms with Crippen molar-refractivity contribution in [3.05, 3.63) is 66.0 Å². The van der Waals surface area contributed by atoms with Gasteiger partial charge in [-0.2, -0.15) is 0 Å². The summed E-state index contributed by atoms with van der Waals surface area (Å²) in [6.07, 6.45) is 8.23. The second-order valence-corrected chi connectivity index (χ2v) is 6.81. The molecule has 25 heavy (non-hydrogen) atoms. The van der Waals surface area contributed by atoms with Crippen LogP contribution >= 0.6 is 0 Å². The molecule has 1 aliphatic rings. The predicted molar refractivity (Wildman–Crippen MR) is 98.0 cm³/mol. The molecule has 0 radical (unpaired) electrons. The summed E-state index contributed by atoms with van der Waals surface area (Å²) in [6, 6.07) is 10.1. The summed E-state index contributed by atoms with van der Waals surface area (Å²) in [5.41, 5.74) is 3.35. The molecule has 1 fully saturated rings. The molecule has 5 heteroatoms. The molecule has 1 N–H and O–H groups in total. The number of rotatable bonds is 4. The molecule has 0 aliphatic carbocycles. The highest BCUT2D eigenvalue weighted by atomic mass is 15.1. The van der Waals surface area contributed by atoms with E-state index in [2.05, 4.69) is 31.8 Å². The largest absolute Gasteiger partial charge is 0.346 e. The number of aromatic nitrogens is 4. The van der Waals surface area contributed by atoms with Crippen molar-refractivity contribution >= 4 is 0 Å². The molecule has 1 saturated heterocycles. The van der Waals surface area contributed by atoms with Crippen LogP contribution < -0.4 is 0 Å². The third-order valence-electron chi connectivity index (χ3n) is 4.76. The minimum absolute atomic E-state index is 0.493. The molecular formula is C20H23N5. The Morgan fingerprint density at radius 3 is 2.60 bits per heavy atom. The Morgan fingerprint density at radius 1 is 1.08 bits per heavy atom. The lowest BCUT2D eigenvalue weighted by Crippen LogP contribution is -2.34. The van der Waals surface area contributed by atoms with Gasteiger partial charge in [-0.15, -0.1) is 0 Å². The van der Waals surface area contributed by atoms with Crippen LogP contribution in [0.1, 0.15) is 35.8 Å². The van der Waals surface area contributed by atoms with Crippen molar-refractivity contribution < 1.29 is 0 Å². The van der Waals surface area contributed by atoms with E-state index in [1.54, 1.807) is 0 Å². The molecule has 128 valence electrons. The number of likely N-dealkylation sites (tertiary alicyclic amines) is 1. The average molecular weight is 333 g/mol. The van der Waals surface area contributed by atoms with Crippen molar-refractivity contribution in [1.82, 2.24) is 24.8 Å². The molecule has 1 atom stereocenters. The number of hydrogen-bond acceptors (Lipinski definition) is 4. The van der Waals surface area contributed by atoms with Crippen molar-refractivity contribution in [3.8, 4) is 11.4 Å². The smallest absolute Gasteiger partial charge is 0.159 e. The Kier molecular flexibility index (Phi) is 4.57. The van der Waals surface area contributed by atoms with Gasteiger partial charge in [0.15, 0.2) is 5.82 Å². The number of aromatic amines is 1. The number of imidazole rings is 1. The molecule has 1 aliphatic heterocycles. The van der Waals surface area contributed by atoms with Gasteiger partial charge in [0.25, 0.3) is 0 Å². The Bertz CT molecular complexity index is 810. The van der Waals surface area contributed by atoms with Gasteiger partial charge in [-0.25, -0.2) is 15.0 Å². The summed E-state index contributed by atoms with van der Waals surface area (Å²) in [5, 5.41) is 0. The number of hydrogen-bond donors (Lipinski definition) is 1. The highest BCUT2D eigenvalue weighted by molar-refractivity contribution is 5.53. The highest BCUT2D eigenvalue weighted by Crippen LogP contribution is 2.25. The fourth-order valence-corrected chi connectivity index (χ4v) is 3.49. The van der Waals surface area contributed by atoms with Crippen molar-refractivity contribution in [3.63, 3.8) is 0 Å². The van der Waals surface area contributed by atoms with Crippen LogP contribution in [0.15, 0.2) is 48.9 Å². The normalized spacial score (nSPS) is 18.4. The number of nitrogens with zero attached hydrogens (tertiary/aromatic N) is 4. The number of piperidine rings is 1. The average Bonchev–Trinajstić information content (AvgIpc) is 3.10. The zero-order chi connectivity index (χ0) is 17.1. The molecule has 0 amide bonds. The monoisotopic (exact) mass is 333 g/mol. The van der Waals surface area contributed by atoms with Gasteiger partial charge in [0, 0.05) is 54.4 Å². The minimum atomic E-state index is 0.493. The van der Waals surface area contributed by atoms with Crippen molar-refractivity contribution in [2.45, 2.75) is 32.2 Å². The summed E-state index contributed by atoms with van der Waals surface area (Å²) < 4.78 is 0. The summed E-state index contributed by atoms with van der Waals surface area (Å²) in [7, 11) is 0. The van der Waals surface area contributed by atoms with E-state index in [9.17, 15) is 0 Å². The maximum atomic E-state index is 4.54. The van der Waals surface area contributed by atoms with Gasteiger partial charge in [-0.3, -0.25) is 4.90 Å². The van der Waals surface area contributed by atoms with Crippen LogP contribution in [-0.2, 0) is 6.54 Å². The standard InChI is InChI=1S/C20H23N5/c1-15-10-21-20(24-15)18-8-5-9-25(14-18)13-16-11-22-19(23-12-16)17-6-3-2-4-7-17/h2-4,6-7,10-12,18H,5,8-9,13-14H2,1H3,(H,21,24)/t18-/m0/s1. The minimum Gasteiger partial charge on any atom is -0.346 e. The van der Waals surface area contributed by atoms with Gasteiger partial charge in [-0.05, 0) is 26.3 Å². The quantitative estimate of drug-likeness (QED) is 0.793. The molecule has 5 nitrogen and oxygen atoms in total. The van der Waals surface area contributed by atoms with E-state index in [1.165, 1.54) is 12.8 Å². The fraction of sp³-hybridized carbons (Fsp3) is 0.350. The zero-order valence-corrected chi connectivity index (χ0v) is 14.5. The van der Waals surface area contributed by atoms with E-state index in [-0.39, 0.29) is 0 Å². The molecule has 0 spiro atoms. The van der Waals surface area contributed by atoms with E-state index in [0.717, 1.165) is 48.1 Å². The summed E-state index contributed by atoms with van der Waals surface area (Å²) in [4.78, 5) is 19.5. The molecular weight excluding hydrogens is 310 g/mol. The Morgan fingerprint density at radius 2 is 1.88 bits per heavy atom. The fourth-order valence-electron chi connectivity index (χ4n) is 3.49. The molecule has 3 aromatic rings. The van der Waals surface area contributed by atoms with Gasteiger partial charge in [0.2, 0.25) is 0 Å². The molecule has 2 aromatic heterocycles. The van der Waals surface area contributed by atoms with E-state index in [4.69, 9.17) is 0 Å². The van der Waals surface area contributed by atoms with Crippen LogP contribution in [0.25, 0.3) is 11.4 Å².